The molecule has 0 unspecified atom stereocenters. The van der Waals surface area contributed by atoms with E-state index < -0.39 is 27.4 Å². The molecule has 0 heterocycles. The van der Waals surface area contributed by atoms with Crippen molar-refractivity contribution in [3.63, 3.8) is 0 Å². The average Bonchev–Trinajstić information content (AvgIpc) is 2.14. The number of hydrogen-bond donors (Lipinski definition) is 2. The molecule has 2 N–H and O–H groups in total. The molecule has 0 bridgehead atoms. The van der Waals surface area contributed by atoms with Gasteiger partial charge in [-0.3, -0.25) is 9.35 Å². The van der Waals surface area contributed by atoms with Gasteiger partial charge in [-0.25, -0.2) is 0 Å². The van der Waals surface area contributed by atoms with Gasteiger partial charge in [0, 0.05) is 7.11 Å². The first-order chi connectivity index (χ1) is 6.80. The molecule has 8 heteroatoms. The summed E-state index contributed by atoms with van der Waals surface area (Å²) in [4.78, 5) is 11.1. The van der Waals surface area contributed by atoms with Crippen molar-refractivity contribution in [3.05, 3.63) is 0 Å². The summed E-state index contributed by atoms with van der Waals surface area (Å²) in [5, 5.41) is 8.88. The minimum absolute atomic E-state index is 0.0849. The highest BCUT2D eigenvalue weighted by Gasteiger charge is 2.32. The van der Waals surface area contributed by atoms with Gasteiger partial charge in [0.05, 0.1) is 13.2 Å². The van der Waals surface area contributed by atoms with Crippen molar-refractivity contribution in [1.29, 1.82) is 0 Å². The number of carbonyl (C=O) groups excluding carboxylic acids is 1. The van der Waals surface area contributed by atoms with Gasteiger partial charge in [-0.2, -0.15) is 8.42 Å². The van der Waals surface area contributed by atoms with Crippen LogP contribution in [0.2, 0.25) is 0 Å². The summed E-state index contributed by atoms with van der Waals surface area (Å²) in [6, 6.07) is 0. The normalized spacial score (nSPS) is 16.0. The highest BCUT2D eigenvalue weighted by Crippen LogP contribution is 2.03. The van der Waals surface area contributed by atoms with Gasteiger partial charge in [0.2, 0.25) is 11.2 Å². The number of ketones is 1. The van der Waals surface area contributed by atoms with E-state index in [9.17, 15) is 13.2 Å². The summed E-state index contributed by atoms with van der Waals surface area (Å²) in [5.74, 6) is -1.12. The minimum Gasteiger partial charge on any atom is -0.382 e. The van der Waals surface area contributed by atoms with Crippen molar-refractivity contribution in [1.82, 2.24) is 0 Å². The standard InChI is InChI=1S/C7H14O7S/c1-5(14-4-3-13-2)6(8)7(9)15(10,11)12/h5,7,9H,3-4H2,1-2H3,(H,10,11,12)/t5-,7-/m1/s1. The summed E-state index contributed by atoms with van der Waals surface area (Å²) >= 11 is 0. The third-order valence-corrected chi connectivity index (χ3v) is 2.38. The second kappa shape index (κ2) is 6.13. The van der Waals surface area contributed by atoms with Crippen molar-refractivity contribution in [2.45, 2.75) is 18.5 Å². The van der Waals surface area contributed by atoms with Crippen molar-refractivity contribution in [2.24, 2.45) is 0 Å². The minimum atomic E-state index is -4.78. The van der Waals surface area contributed by atoms with Crippen LogP contribution in [0.3, 0.4) is 0 Å². The Bertz CT molecular complexity index is 296. The predicted octanol–water partition coefficient (Wildman–Crippen LogP) is -1.19. The van der Waals surface area contributed by atoms with Gasteiger partial charge in [0.1, 0.15) is 6.10 Å². The number of methoxy groups -OCH3 is 1. The van der Waals surface area contributed by atoms with Gasteiger partial charge in [-0.15, -0.1) is 0 Å². The molecule has 0 aromatic rings. The van der Waals surface area contributed by atoms with E-state index in [1.807, 2.05) is 0 Å². The first-order valence-electron chi connectivity index (χ1n) is 4.09. The molecular formula is C7H14O7S. The fourth-order valence-corrected chi connectivity index (χ4v) is 1.22. The topological polar surface area (TPSA) is 110 Å². The Balaban J connectivity index is 4.21. The van der Waals surface area contributed by atoms with Crippen molar-refractivity contribution >= 4 is 15.9 Å². The monoisotopic (exact) mass is 242 g/mol. The van der Waals surface area contributed by atoms with Gasteiger partial charge in [-0.05, 0) is 6.92 Å². The Hall–Kier alpha value is -0.540. The molecule has 15 heavy (non-hydrogen) atoms. The molecule has 7 nitrogen and oxygen atoms in total. The Labute approximate surface area is 87.7 Å². The predicted molar refractivity (Wildman–Crippen MR) is 49.9 cm³/mol. The average molecular weight is 242 g/mol. The van der Waals surface area contributed by atoms with Crippen LogP contribution in [0.5, 0.6) is 0 Å². The first-order valence-corrected chi connectivity index (χ1v) is 5.59. The summed E-state index contributed by atoms with van der Waals surface area (Å²) in [7, 11) is -3.35. The maximum Gasteiger partial charge on any atom is 0.299 e. The second-order valence-electron chi connectivity index (χ2n) is 2.78. The molecule has 0 aromatic carbocycles. The van der Waals surface area contributed by atoms with Crippen LogP contribution in [0, 0.1) is 0 Å². The zero-order valence-corrected chi connectivity index (χ0v) is 9.23. The summed E-state index contributed by atoms with van der Waals surface area (Å²) in [6.45, 7) is 1.59. The number of rotatable bonds is 7. The van der Waals surface area contributed by atoms with Gasteiger partial charge < -0.3 is 14.6 Å². The molecule has 90 valence electrons. The molecule has 0 amide bonds. The van der Waals surface area contributed by atoms with E-state index in [0.29, 0.717) is 0 Å². The maximum absolute atomic E-state index is 11.1. The molecule has 0 rings (SSSR count). The van der Waals surface area contributed by atoms with Crippen molar-refractivity contribution in [3.8, 4) is 0 Å². The lowest BCUT2D eigenvalue weighted by Gasteiger charge is -2.13. The fraction of sp³-hybridized carbons (Fsp3) is 0.857. The molecule has 2 atom stereocenters. The molecule has 0 aliphatic heterocycles. The number of aliphatic hydroxyl groups is 1. The smallest absolute Gasteiger partial charge is 0.299 e. The number of aliphatic hydroxyl groups excluding tert-OH is 1. The Morgan fingerprint density at radius 1 is 1.40 bits per heavy atom. The van der Waals surface area contributed by atoms with Gasteiger partial charge in [-0.1, -0.05) is 0 Å². The van der Waals surface area contributed by atoms with E-state index >= 15 is 0 Å². The van der Waals surface area contributed by atoms with Crippen LogP contribution in [-0.4, -0.2) is 55.7 Å². The number of Topliss-reactive ketones (excluding diaryl/α,β-unsaturated/α-hetero) is 1. The van der Waals surface area contributed by atoms with E-state index in [2.05, 4.69) is 4.74 Å². The Morgan fingerprint density at radius 2 is 1.93 bits per heavy atom. The molecule has 0 spiro atoms. The van der Waals surface area contributed by atoms with Crippen molar-refractivity contribution < 1.29 is 32.3 Å². The molecule has 0 aromatic heterocycles. The lowest BCUT2D eigenvalue weighted by atomic mass is 10.3. The van der Waals surface area contributed by atoms with Crippen LogP contribution in [0.25, 0.3) is 0 Å². The van der Waals surface area contributed by atoms with E-state index in [4.69, 9.17) is 14.4 Å². The van der Waals surface area contributed by atoms with E-state index in [-0.39, 0.29) is 13.2 Å². The molecule has 0 aliphatic rings. The Kier molecular flexibility index (Phi) is 5.91. The van der Waals surface area contributed by atoms with Gasteiger partial charge in [0.15, 0.2) is 0 Å². The molecule has 0 saturated heterocycles. The lowest BCUT2D eigenvalue weighted by molar-refractivity contribution is -0.135. The van der Waals surface area contributed by atoms with Crippen molar-refractivity contribution in [2.75, 3.05) is 20.3 Å². The highest BCUT2D eigenvalue weighted by molar-refractivity contribution is 7.87. The molecule has 0 aliphatic carbocycles. The van der Waals surface area contributed by atoms with E-state index in [1.54, 1.807) is 0 Å². The number of carbonyl (C=O) groups is 1. The highest BCUT2D eigenvalue weighted by atomic mass is 32.2. The molecule has 0 saturated carbocycles. The largest absolute Gasteiger partial charge is 0.382 e. The fourth-order valence-electron chi connectivity index (χ4n) is 0.738. The summed E-state index contributed by atoms with van der Waals surface area (Å²) in [5.41, 5.74) is -2.46. The lowest BCUT2D eigenvalue weighted by Crippen LogP contribution is -2.37. The van der Waals surface area contributed by atoms with Crippen LogP contribution in [0.1, 0.15) is 6.92 Å². The van der Waals surface area contributed by atoms with Crippen LogP contribution >= 0.6 is 0 Å². The van der Waals surface area contributed by atoms with Crippen LogP contribution in [0.4, 0.5) is 0 Å². The third kappa shape index (κ3) is 5.19. The summed E-state index contributed by atoms with van der Waals surface area (Å²) < 4.78 is 38.7. The van der Waals surface area contributed by atoms with Crippen LogP contribution in [0.15, 0.2) is 0 Å². The zero-order valence-electron chi connectivity index (χ0n) is 8.41. The molecule has 0 radical (unpaired) electrons. The summed E-state index contributed by atoms with van der Waals surface area (Å²) in [6.07, 6.45) is -1.13. The van der Waals surface area contributed by atoms with Gasteiger partial charge >= 0.3 is 0 Å². The van der Waals surface area contributed by atoms with E-state index in [1.165, 1.54) is 14.0 Å². The molecule has 0 fully saturated rings. The third-order valence-electron chi connectivity index (χ3n) is 1.58. The zero-order chi connectivity index (χ0) is 12.1. The second-order valence-corrected chi connectivity index (χ2v) is 4.25. The van der Waals surface area contributed by atoms with Crippen LogP contribution < -0.4 is 0 Å². The Morgan fingerprint density at radius 3 is 2.33 bits per heavy atom. The maximum atomic E-state index is 11.1. The van der Waals surface area contributed by atoms with Crippen LogP contribution in [-0.2, 0) is 24.4 Å². The first kappa shape index (κ1) is 14.5. The van der Waals surface area contributed by atoms with Gasteiger partial charge in [0.25, 0.3) is 10.1 Å². The number of hydrogen-bond acceptors (Lipinski definition) is 6. The SMILES string of the molecule is COCCO[C@H](C)C(=O)[C@H](O)S(=O)(=O)O. The number of ether oxygens (including phenoxy) is 2. The quantitative estimate of drug-likeness (QED) is 0.426. The molecular weight excluding hydrogens is 228 g/mol. The van der Waals surface area contributed by atoms with E-state index in [0.717, 1.165) is 0 Å².